The average molecular weight is 293 g/mol. The average Bonchev–Trinajstić information content (AvgIpc) is 2.41. The lowest BCUT2D eigenvalue weighted by Crippen LogP contribution is -2.39. The molecule has 0 unspecified atom stereocenters. The summed E-state index contributed by atoms with van der Waals surface area (Å²) in [4.78, 5) is 24.9. The third-order valence-electron chi connectivity index (χ3n) is 2.89. The zero-order chi connectivity index (χ0) is 16.0. The van der Waals surface area contributed by atoms with E-state index in [0.717, 1.165) is 0 Å². The van der Waals surface area contributed by atoms with Crippen LogP contribution in [0.5, 0.6) is 5.75 Å². The highest BCUT2D eigenvalue weighted by molar-refractivity contribution is 5.94. The molecule has 0 aliphatic carbocycles. The van der Waals surface area contributed by atoms with E-state index in [-0.39, 0.29) is 11.9 Å². The van der Waals surface area contributed by atoms with Gasteiger partial charge in [0.2, 0.25) is 0 Å². The second kappa shape index (κ2) is 7.67. The summed E-state index contributed by atoms with van der Waals surface area (Å²) in [7, 11) is 0. The predicted molar refractivity (Wildman–Crippen MR) is 80.6 cm³/mol. The molecule has 1 aromatic carbocycles. The third kappa shape index (κ3) is 5.45. The second-order valence-electron chi connectivity index (χ2n) is 5.66. The molecule has 0 aromatic heterocycles. The molecule has 116 valence electrons. The Balaban J connectivity index is 2.89. The zero-order valence-electron chi connectivity index (χ0n) is 13.0. The van der Waals surface area contributed by atoms with Gasteiger partial charge in [0.1, 0.15) is 5.75 Å². The van der Waals surface area contributed by atoms with E-state index in [1.165, 1.54) is 0 Å². The van der Waals surface area contributed by atoms with Crippen LogP contribution in [0, 0.1) is 5.92 Å². The van der Waals surface area contributed by atoms with E-state index in [0.29, 0.717) is 23.8 Å². The fourth-order valence-electron chi connectivity index (χ4n) is 1.95. The van der Waals surface area contributed by atoms with Crippen LogP contribution in [-0.4, -0.2) is 41.1 Å². The quantitative estimate of drug-likeness (QED) is 0.839. The number of ether oxygens (including phenoxy) is 1. The van der Waals surface area contributed by atoms with Crippen molar-refractivity contribution in [2.45, 2.75) is 33.7 Å². The Morgan fingerprint density at radius 2 is 1.90 bits per heavy atom. The predicted octanol–water partition coefficient (Wildman–Crippen LogP) is 2.66. The minimum Gasteiger partial charge on any atom is -0.482 e. The number of carboxylic acid groups (broad SMARTS) is 1. The molecule has 21 heavy (non-hydrogen) atoms. The number of hydrogen-bond acceptors (Lipinski definition) is 3. The number of nitrogens with zero attached hydrogens (tertiary/aromatic N) is 1. The van der Waals surface area contributed by atoms with Crippen LogP contribution < -0.4 is 4.74 Å². The highest BCUT2D eigenvalue weighted by atomic mass is 16.5. The number of aliphatic carboxylic acids is 1. The molecule has 0 spiro atoms. The van der Waals surface area contributed by atoms with Crippen molar-refractivity contribution in [3.8, 4) is 5.75 Å². The topological polar surface area (TPSA) is 66.8 Å². The maximum absolute atomic E-state index is 12.6. The smallest absolute Gasteiger partial charge is 0.341 e. The van der Waals surface area contributed by atoms with Crippen LogP contribution in [-0.2, 0) is 4.79 Å². The standard InChI is InChI=1S/C16H23NO4/c1-11(2)9-17(12(3)4)16(20)13-6-5-7-14(8-13)21-10-15(18)19/h5-8,11-12H,9-10H2,1-4H3,(H,18,19). The Hall–Kier alpha value is -2.04. The van der Waals surface area contributed by atoms with E-state index in [4.69, 9.17) is 9.84 Å². The molecule has 0 aliphatic rings. The zero-order valence-corrected chi connectivity index (χ0v) is 13.0. The van der Waals surface area contributed by atoms with Gasteiger partial charge in [-0.3, -0.25) is 4.79 Å². The highest BCUT2D eigenvalue weighted by Gasteiger charge is 2.20. The molecule has 0 saturated carbocycles. The van der Waals surface area contributed by atoms with Crippen molar-refractivity contribution >= 4 is 11.9 Å². The van der Waals surface area contributed by atoms with Crippen molar-refractivity contribution in [2.24, 2.45) is 5.92 Å². The Bertz CT molecular complexity index is 497. The molecule has 1 rings (SSSR count). The molecule has 0 aliphatic heterocycles. The van der Waals surface area contributed by atoms with Crippen LogP contribution in [0.25, 0.3) is 0 Å². The molecule has 5 nitrogen and oxygen atoms in total. The van der Waals surface area contributed by atoms with Gasteiger partial charge in [0.25, 0.3) is 5.91 Å². The largest absolute Gasteiger partial charge is 0.482 e. The van der Waals surface area contributed by atoms with Crippen LogP contribution >= 0.6 is 0 Å². The molecule has 0 fully saturated rings. The first-order valence-corrected chi connectivity index (χ1v) is 7.07. The summed E-state index contributed by atoms with van der Waals surface area (Å²) in [6.45, 7) is 8.34. The number of hydrogen-bond donors (Lipinski definition) is 1. The van der Waals surface area contributed by atoms with Gasteiger partial charge in [0.05, 0.1) is 0 Å². The third-order valence-corrected chi connectivity index (χ3v) is 2.89. The summed E-state index contributed by atoms with van der Waals surface area (Å²) in [6, 6.07) is 6.73. The number of carbonyl (C=O) groups is 2. The first-order valence-electron chi connectivity index (χ1n) is 7.07. The molecule has 0 bridgehead atoms. The molecule has 5 heteroatoms. The summed E-state index contributed by atoms with van der Waals surface area (Å²) in [5.74, 6) is -0.353. The Morgan fingerprint density at radius 1 is 1.24 bits per heavy atom. The van der Waals surface area contributed by atoms with Crippen LogP contribution in [0.15, 0.2) is 24.3 Å². The Morgan fingerprint density at radius 3 is 2.43 bits per heavy atom. The lowest BCUT2D eigenvalue weighted by molar-refractivity contribution is -0.139. The number of rotatable bonds is 7. The van der Waals surface area contributed by atoms with Gasteiger partial charge in [-0.05, 0) is 38.0 Å². The number of carbonyl (C=O) groups excluding carboxylic acids is 1. The Labute approximate surface area is 125 Å². The van der Waals surface area contributed by atoms with Crippen molar-refractivity contribution in [3.05, 3.63) is 29.8 Å². The van der Waals surface area contributed by atoms with Crippen molar-refractivity contribution in [2.75, 3.05) is 13.2 Å². The van der Waals surface area contributed by atoms with Crippen LogP contribution in [0.4, 0.5) is 0 Å². The molecular weight excluding hydrogens is 270 g/mol. The lowest BCUT2D eigenvalue weighted by Gasteiger charge is -2.28. The van der Waals surface area contributed by atoms with Crippen LogP contribution in [0.2, 0.25) is 0 Å². The molecular formula is C16H23NO4. The first-order chi connectivity index (χ1) is 9.81. The van der Waals surface area contributed by atoms with Gasteiger partial charge in [-0.2, -0.15) is 0 Å². The number of benzene rings is 1. The minimum absolute atomic E-state index is 0.0699. The van der Waals surface area contributed by atoms with Gasteiger partial charge < -0.3 is 14.7 Å². The summed E-state index contributed by atoms with van der Waals surface area (Å²) in [6.07, 6.45) is 0. The van der Waals surface area contributed by atoms with Crippen LogP contribution in [0.3, 0.4) is 0 Å². The van der Waals surface area contributed by atoms with E-state index < -0.39 is 12.6 Å². The fourth-order valence-corrected chi connectivity index (χ4v) is 1.95. The van der Waals surface area contributed by atoms with E-state index in [1.807, 2.05) is 13.8 Å². The highest BCUT2D eigenvalue weighted by Crippen LogP contribution is 2.17. The van der Waals surface area contributed by atoms with Gasteiger partial charge in [0.15, 0.2) is 6.61 Å². The van der Waals surface area contributed by atoms with Crippen molar-refractivity contribution in [1.29, 1.82) is 0 Å². The van der Waals surface area contributed by atoms with Crippen LogP contribution in [0.1, 0.15) is 38.1 Å². The first kappa shape index (κ1) is 17.0. The van der Waals surface area contributed by atoms with Gasteiger partial charge in [-0.1, -0.05) is 19.9 Å². The SMILES string of the molecule is CC(C)CN(C(=O)c1cccc(OCC(=O)O)c1)C(C)C. The second-order valence-corrected chi connectivity index (χ2v) is 5.66. The van der Waals surface area contributed by atoms with Crippen molar-refractivity contribution in [3.63, 3.8) is 0 Å². The molecule has 1 N–H and O–H groups in total. The van der Waals surface area contributed by atoms with E-state index >= 15 is 0 Å². The summed E-state index contributed by atoms with van der Waals surface area (Å²) in [5, 5.41) is 8.61. The maximum Gasteiger partial charge on any atom is 0.341 e. The summed E-state index contributed by atoms with van der Waals surface area (Å²) in [5.41, 5.74) is 0.507. The van der Waals surface area contributed by atoms with Gasteiger partial charge in [-0.15, -0.1) is 0 Å². The van der Waals surface area contributed by atoms with E-state index in [2.05, 4.69) is 13.8 Å². The van der Waals surface area contributed by atoms with Crippen molar-refractivity contribution < 1.29 is 19.4 Å². The fraction of sp³-hybridized carbons (Fsp3) is 0.500. The monoisotopic (exact) mass is 293 g/mol. The van der Waals surface area contributed by atoms with E-state index in [1.54, 1.807) is 29.2 Å². The van der Waals surface area contributed by atoms with Gasteiger partial charge >= 0.3 is 5.97 Å². The lowest BCUT2D eigenvalue weighted by atomic mass is 10.1. The maximum atomic E-state index is 12.6. The number of carboxylic acids is 1. The molecule has 1 aromatic rings. The van der Waals surface area contributed by atoms with Gasteiger partial charge in [0, 0.05) is 18.2 Å². The molecule has 0 atom stereocenters. The molecule has 1 amide bonds. The minimum atomic E-state index is -1.05. The van der Waals surface area contributed by atoms with Gasteiger partial charge in [-0.25, -0.2) is 4.79 Å². The summed E-state index contributed by atoms with van der Waals surface area (Å²) >= 11 is 0. The van der Waals surface area contributed by atoms with Crippen molar-refractivity contribution in [1.82, 2.24) is 4.90 Å². The Kier molecular flexibility index (Phi) is 6.21. The summed E-state index contributed by atoms with van der Waals surface area (Å²) < 4.78 is 5.11. The molecule has 0 heterocycles. The normalized spacial score (nSPS) is 10.8. The number of amides is 1. The molecule has 0 radical (unpaired) electrons. The van der Waals surface area contributed by atoms with E-state index in [9.17, 15) is 9.59 Å². The molecule has 0 saturated heterocycles.